The van der Waals surface area contributed by atoms with Crippen molar-refractivity contribution in [2.24, 2.45) is 0 Å². The fraction of sp³-hybridized carbons (Fsp3) is 0.182. The van der Waals surface area contributed by atoms with Gasteiger partial charge in [0.05, 0.1) is 11.7 Å². The number of anilines is 1. The Hall–Kier alpha value is -1.77. The van der Waals surface area contributed by atoms with E-state index in [1.54, 1.807) is 0 Å². The maximum atomic E-state index is 5.72. The highest BCUT2D eigenvalue weighted by molar-refractivity contribution is 5.81. The number of fused-ring (bicyclic) bond motifs is 1. The van der Waals surface area contributed by atoms with E-state index in [1.165, 1.54) is 0 Å². The van der Waals surface area contributed by atoms with Crippen LogP contribution in [-0.4, -0.2) is 9.78 Å². The van der Waals surface area contributed by atoms with Crippen molar-refractivity contribution >= 4 is 16.6 Å². The van der Waals surface area contributed by atoms with Crippen LogP contribution in [-0.2, 0) is 6.54 Å². The molecule has 3 nitrogen and oxygen atoms in total. The van der Waals surface area contributed by atoms with Crippen LogP contribution in [0.4, 0.5) is 5.69 Å². The van der Waals surface area contributed by atoms with Gasteiger partial charge in [-0.3, -0.25) is 4.68 Å². The van der Waals surface area contributed by atoms with Crippen LogP contribution in [0, 0.1) is 0 Å². The van der Waals surface area contributed by atoms with Crippen LogP contribution in [0.5, 0.6) is 0 Å². The Kier molecular flexibility index (Phi) is 2.23. The standard InChI is InChI=1S/C11H13N3/c1-2-3-6-14-11-7-10(12)5-4-9(11)8-13-14/h2,4-5,7-8H,1,3,6,12H2. The van der Waals surface area contributed by atoms with Crippen molar-refractivity contribution in [2.45, 2.75) is 13.0 Å². The molecule has 0 bridgehead atoms. The summed E-state index contributed by atoms with van der Waals surface area (Å²) in [6.45, 7) is 4.55. The molecule has 0 saturated carbocycles. The summed E-state index contributed by atoms with van der Waals surface area (Å²) in [5, 5.41) is 5.42. The number of nitrogens with two attached hydrogens (primary N) is 1. The molecule has 0 aliphatic heterocycles. The third-order valence-electron chi connectivity index (χ3n) is 2.21. The molecule has 3 heteroatoms. The third kappa shape index (κ3) is 1.48. The molecule has 0 radical (unpaired) electrons. The Labute approximate surface area is 82.8 Å². The summed E-state index contributed by atoms with van der Waals surface area (Å²) in [7, 11) is 0. The van der Waals surface area contributed by atoms with Gasteiger partial charge >= 0.3 is 0 Å². The van der Waals surface area contributed by atoms with E-state index < -0.39 is 0 Å². The first-order valence-corrected chi connectivity index (χ1v) is 4.63. The Morgan fingerprint density at radius 2 is 2.36 bits per heavy atom. The molecule has 0 unspecified atom stereocenters. The van der Waals surface area contributed by atoms with Crippen LogP contribution in [0.1, 0.15) is 6.42 Å². The lowest BCUT2D eigenvalue weighted by Gasteiger charge is -2.01. The highest BCUT2D eigenvalue weighted by atomic mass is 15.3. The monoisotopic (exact) mass is 187 g/mol. The van der Waals surface area contributed by atoms with Crippen molar-refractivity contribution in [2.75, 3.05) is 5.73 Å². The molecule has 2 aromatic rings. The second kappa shape index (κ2) is 3.54. The molecular weight excluding hydrogens is 174 g/mol. The van der Waals surface area contributed by atoms with Gasteiger partial charge in [-0.15, -0.1) is 6.58 Å². The van der Waals surface area contributed by atoms with Gasteiger partial charge in [0, 0.05) is 17.6 Å². The van der Waals surface area contributed by atoms with E-state index >= 15 is 0 Å². The summed E-state index contributed by atoms with van der Waals surface area (Å²) in [4.78, 5) is 0. The lowest BCUT2D eigenvalue weighted by atomic mass is 10.2. The molecule has 2 N–H and O–H groups in total. The normalized spacial score (nSPS) is 10.6. The first kappa shape index (κ1) is 8.81. The molecule has 0 spiro atoms. The molecule has 1 aromatic heterocycles. The number of aromatic nitrogens is 2. The minimum atomic E-state index is 0.776. The number of nitrogen functional groups attached to an aromatic ring is 1. The number of benzene rings is 1. The van der Waals surface area contributed by atoms with Crippen LogP contribution in [0.2, 0.25) is 0 Å². The number of hydrogen-bond donors (Lipinski definition) is 1. The topological polar surface area (TPSA) is 43.8 Å². The van der Waals surface area contributed by atoms with Gasteiger partial charge in [-0.2, -0.15) is 5.10 Å². The lowest BCUT2D eigenvalue weighted by molar-refractivity contribution is 0.645. The summed E-state index contributed by atoms with van der Waals surface area (Å²) in [5.74, 6) is 0. The summed E-state index contributed by atoms with van der Waals surface area (Å²) < 4.78 is 1.95. The van der Waals surface area contributed by atoms with E-state index in [0.29, 0.717) is 0 Å². The van der Waals surface area contributed by atoms with Gasteiger partial charge < -0.3 is 5.73 Å². The van der Waals surface area contributed by atoms with Gasteiger partial charge in [0.15, 0.2) is 0 Å². The minimum absolute atomic E-state index is 0.776. The molecule has 2 rings (SSSR count). The molecule has 0 amide bonds. The summed E-state index contributed by atoms with van der Waals surface area (Å²) in [6.07, 6.45) is 4.67. The number of aryl methyl sites for hydroxylation is 1. The van der Waals surface area contributed by atoms with E-state index in [9.17, 15) is 0 Å². The van der Waals surface area contributed by atoms with Crippen LogP contribution < -0.4 is 5.73 Å². The van der Waals surface area contributed by atoms with Gasteiger partial charge in [-0.25, -0.2) is 0 Å². The smallest absolute Gasteiger partial charge is 0.0702 e. The first-order valence-electron chi connectivity index (χ1n) is 4.63. The van der Waals surface area contributed by atoms with Gasteiger partial charge in [0.1, 0.15) is 0 Å². The highest BCUT2D eigenvalue weighted by Crippen LogP contribution is 2.17. The van der Waals surface area contributed by atoms with Crippen LogP contribution in [0.15, 0.2) is 37.1 Å². The summed E-state index contributed by atoms with van der Waals surface area (Å²) in [5.41, 5.74) is 7.58. The van der Waals surface area contributed by atoms with E-state index in [2.05, 4.69) is 11.7 Å². The van der Waals surface area contributed by atoms with Crippen molar-refractivity contribution in [3.63, 3.8) is 0 Å². The number of rotatable bonds is 3. The van der Waals surface area contributed by atoms with Crippen molar-refractivity contribution in [1.29, 1.82) is 0 Å². The highest BCUT2D eigenvalue weighted by Gasteiger charge is 2.01. The molecule has 14 heavy (non-hydrogen) atoms. The first-order chi connectivity index (χ1) is 6.81. The van der Waals surface area contributed by atoms with Gasteiger partial charge in [0.25, 0.3) is 0 Å². The number of hydrogen-bond acceptors (Lipinski definition) is 2. The average molecular weight is 187 g/mol. The molecule has 0 atom stereocenters. The largest absolute Gasteiger partial charge is 0.399 e. The van der Waals surface area contributed by atoms with Crippen LogP contribution in [0.3, 0.4) is 0 Å². The predicted octanol–water partition coefficient (Wildman–Crippen LogP) is 2.19. The number of allylic oxidation sites excluding steroid dienone is 1. The zero-order valence-electron chi connectivity index (χ0n) is 7.98. The SMILES string of the molecule is C=CCCn1ncc2ccc(N)cc21. The van der Waals surface area contributed by atoms with E-state index in [1.807, 2.05) is 35.2 Å². The summed E-state index contributed by atoms with van der Waals surface area (Å²) in [6, 6.07) is 5.83. The van der Waals surface area contributed by atoms with E-state index in [-0.39, 0.29) is 0 Å². The van der Waals surface area contributed by atoms with Crippen LogP contribution >= 0.6 is 0 Å². The van der Waals surface area contributed by atoms with Crippen molar-refractivity contribution in [1.82, 2.24) is 9.78 Å². The third-order valence-corrected chi connectivity index (χ3v) is 2.21. The fourth-order valence-corrected chi connectivity index (χ4v) is 1.48. The maximum Gasteiger partial charge on any atom is 0.0702 e. The molecule has 1 aromatic carbocycles. The quantitative estimate of drug-likeness (QED) is 0.591. The van der Waals surface area contributed by atoms with Gasteiger partial charge in [-0.1, -0.05) is 6.08 Å². The zero-order chi connectivity index (χ0) is 9.97. The molecule has 0 saturated heterocycles. The van der Waals surface area contributed by atoms with Crippen molar-refractivity contribution in [3.8, 4) is 0 Å². The molecule has 72 valence electrons. The average Bonchev–Trinajstić information content (AvgIpc) is 2.57. The second-order valence-corrected chi connectivity index (χ2v) is 3.26. The van der Waals surface area contributed by atoms with Gasteiger partial charge in [0.2, 0.25) is 0 Å². The van der Waals surface area contributed by atoms with E-state index in [0.717, 1.165) is 29.6 Å². The molecular formula is C11H13N3. The lowest BCUT2D eigenvalue weighted by Crippen LogP contribution is -1.98. The predicted molar refractivity (Wildman–Crippen MR) is 59.0 cm³/mol. The Balaban J connectivity index is 2.44. The Bertz CT molecular complexity index is 457. The van der Waals surface area contributed by atoms with Crippen LogP contribution in [0.25, 0.3) is 10.9 Å². The maximum absolute atomic E-state index is 5.72. The van der Waals surface area contributed by atoms with Crippen molar-refractivity contribution < 1.29 is 0 Å². The number of nitrogens with zero attached hydrogens (tertiary/aromatic N) is 2. The zero-order valence-corrected chi connectivity index (χ0v) is 7.98. The molecule has 1 heterocycles. The molecule has 0 aliphatic rings. The van der Waals surface area contributed by atoms with Crippen molar-refractivity contribution in [3.05, 3.63) is 37.1 Å². The molecule has 0 aliphatic carbocycles. The summed E-state index contributed by atoms with van der Waals surface area (Å²) >= 11 is 0. The molecule has 0 fully saturated rings. The Morgan fingerprint density at radius 1 is 1.50 bits per heavy atom. The van der Waals surface area contributed by atoms with Gasteiger partial charge in [-0.05, 0) is 24.6 Å². The second-order valence-electron chi connectivity index (χ2n) is 3.26. The fourth-order valence-electron chi connectivity index (χ4n) is 1.48. The minimum Gasteiger partial charge on any atom is -0.399 e. The van der Waals surface area contributed by atoms with E-state index in [4.69, 9.17) is 5.73 Å². The Morgan fingerprint density at radius 3 is 3.14 bits per heavy atom.